The van der Waals surface area contributed by atoms with Crippen LogP contribution in [0.1, 0.15) is 0 Å². The summed E-state index contributed by atoms with van der Waals surface area (Å²) in [6.07, 6.45) is 0. The van der Waals surface area contributed by atoms with Gasteiger partial charge in [-0.1, -0.05) is 39.3 Å². The zero-order chi connectivity index (χ0) is 12.7. The van der Waals surface area contributed by atoms with E-state index in [1.165, 1.54) is 13.1 Å². The van der Waals surface area contributed by atoms with Crippen LogP contribution in [0.3, 0.4) is 0 Å². The lowest BCUT2D eigenvalue weighted by Gasteiger charge is -2.43. The monoisotopic (exact) mass is 275 g/mol. The van der Waals surface area contributed by atoms with Crippen LogP contribution in [0.25, 0.3) is 0 Å². The van der Waals surface area contributed by atoms with E-state index in [0.29, 0.717) is 0 Å². The maximum atomic E-state index is 2.89. The van der Waals surface area contributed by atoms with Crippen LogP contribution < -0.4 is 0 Å². The summed E-state index contributed by atoms with van der Waals surface area (Å²) in [5.41, 5.74) is 0. The Hall–Kier alpha value is 0.531. The van der Waals surface area contributed by atoms with Crippen LogP contribution in [0.2, 0.25) is 39.3 Å². The normalized spacial score (nSPS) is 22.3. The molecule has 0 amide bonds. The molecule has 16 heavy (non-hydrogen) atoms. The predicted octanol–water partition coefficient (Wildman–Crippen LogP) is 1.55. The van der Waals surface area contributed by atoms with E-state index in [2.05, 4.69) is 66.4 Å². The van der Waals surface area contributed by atoms with Gasteiger partial charge >= 0.3 is 0 Å². The highest BCUT2D eigenvalue weighted by atomic mass is 28.4. The van der Waals surface area contributed by atoms with Gasteiger partial charge in [0, 0.05) is 0 Å². The molecule has 0 aromatic rings. The molecule has 0 radical (unpaired) electrons. The molecule has 1 rings (SSSR count). The van der Waals surface area contributed by atoms with Gasteiger partial charge in [0.25, 0.3) is 9.28 Å². The first kappa shape index (κ1) is 14.6. The highest BCUT2D eigenvalue weighted by Crippen LogP contribution is 2.25. The molecule has 1 saturated heterocycles. The predicted molar refractivity (Wildman–Crippen MR) is 80.9 cm³/mol. The van der Waals surface area contributed by atoms with Crippen molar-refractivity contribution < 1.29 is 0 Å². The van der Waals surface area contributed by atoms with Crippen LogP contribution in [-0.2, 0) is 0 Å². The third-order valence-electron chi connectivity index (χ3n) is 3.32. The van der Waals surface area contributed by atoms with E-state index < -0.39 is 25.8 Å². The molecule has 0 N–H and O–H groups in total. The molecule has 1 aliphatic rings. The fourth-order valence-electron chi connectivity index (χ4n) is 2.54. The molecule has 96 valence electrons. The molecule has 0 aliphatic carbocycles. The van der Waals surface area contributed by atoms with Crippen molar-refractivity contribution in [1.82, 2.24) is 13.0 Å². The van der Waals surface area contributed by atoms with Crippen molar-refractivity contribution in [3.63, 3.8) is 0 Å². The second kappa shape index (κ2) is 4.66. The molecule has 1 fully saturated rings. The standard InChI is InChI=1S/C10H29N3Si3/c1-11(2)14-12(15(3,4)5)9-10-13(14)16(6,7)8/h14H,9-10H2,1-8H3. The van der Waals surface area contributed by atoms with Gasteiger partial charge in [0.1, 0.15) is 16.5 Å². The van der Waals surface area contributed by atoms with Gasteiger partial charge in [0.15, 0.2) is 0 Å². The smallest absolute Gasteiger partial charge is 0.258 e. The Morgan fingerprint density at radius 3 is 1.31 bits per heavy atom. The number of hydrogen-bond acceptors (Lipinski definition) is 3. The zero-order valence-corrected chi connectivity index (χ0v) is 15.5. The molecule has 0 unspecified atom stereocenters. The third kappa shape index (κ3) is 3.05. The summed E-state index contributed by atoms with van der Waals surface area (Å²) >= 11 is 0. The quantitative estimate of drug-likeness (QED) is 0.724. The summed E-state index contributed by atoms with van der Waals surface area (Å²) < 4.78 is 8.32. The van der Waals surface area contributed by atoms with Crippen molar-refractivity contribution in [1.29, 1.82) is 0 Å². The first-order valence-corrected chi connectivity index (χ1v) is 14.7. The SMILES string of the molecule is CN(C)[SiH]1N([Si](C)(C)C)CCN1[Si](C)(C)C. The first-order chi connectivity index (χ1) is 7.05. The van der Waals surface area contributed by atoms with Crippen molar-refractivity contribution in [2.24, 2.45) is 0 Å². The lowest BCUT2D eigenvalue weighted by atomic mass is 10.7. The maximum absolute atomic E-state index is 2.89. The minimum atomic E-state index is -1.14. The molecule has 0 saturated carbocycles. The molecular weight excluding hydrogens is 246 g/mol. The lowest BCUT2D eigenvalue weighted by Crippen LogP contribution is -2.66. The summed E-state index contributed by atoms with van der Waals surface area (Å²) in [5.74, 6) is 0. The Bertz CT molecular complexity index is 223. The fraction of sp³-hybridized carbons (Fsp3) is 1.00. The van der Waals surface area contributed by atoms with E-state index in [0.717, 1.165) is 0 Å². The summed E-state index contributed by atoms with van der Waals surface area (Å²) in [6, 6.07) is 0. The van der Waals surface area contributed by atoms with Crippen LogP contribution in [0.4, 0.5) is 0 Å². The molecule has 0 atom stereocenters. The van der Waals surface area contributed by atoms with Gasteiger partial charge in [-0.3, -0.25) is 0 Å². The Morgan fingerprint density at radius 1 is 0.812 bits per heavy atom. The highest BCUT2D eigenvalue weighted by molar-refractivity contribution is 6.88. The minimum absolute atomic E-state index is 1.01. The molecule has 1 heterocycles. The van der Waals surface area contributed by atoms with E-state index in [9.17, 15) is 0 Å². The van der Waals surface area contributed by atoms with Crippen molar-refractivity contribution in [2.45, 2.75) is 39.3 Å². The van der Waals surface area contributed by atoms with E-state index in [1.807, 2.05) is 0 Å². The molecular formula is C10H29N3Si3. The first-order valence-electron chi connectivity index (χ1n) is 6.25. The average Bonchev–Trinajstić information content (AvgIpc) is 2.43. The Labute approximate surface area is 105 Å². The molecule has 0 aromatic heterocycles. The van der Waals surface area contributed by atoms with Gasteiger partial charge in [-0.05, 0) is 27.2 Å². The van der Waals surface area contributed by atoms with Gasteiger partial charge in [-0.2, -0.15) is 0 Å². The van der Waals surface area contributed by atoms with Gasteiger partial charge in [-0.15, -0.1) is 0 Å². The number of nitrogens with zero attached hydrogens (tertiary/aromatic N) is 3. The highest BCUT2D eigenvalue weighted by Gasteiger charge is 2.46. The summed E-state index contributed by atoms with van der Waals surface area (Å²) in [4.78, 5) is 0. The molecule has 6 heteroatoms. The van der Waals surface area contributed by atoms with Gasteiger partial charge in [0.2, 0.25) is 0 Å². The van der Waals surface area contributed by atoms with Crippen LogP contribution >= 0.6 is 0 Å². The lowest BCUT2D eigenvalue weighted by molar-refractivity contribution is 0.536. The summed E-state index contributed by atoms with van der Waals surface area (Å²) in [6.45, 7) is 17.6. The molecule has 0 bridgehead atoms. The van der Waals surface area contributed by atoms with Gasteiger partial charge in [-0.25, -0.2) is 0 Å². The van der Waals surface area contributed by atoms with E-state index in [4.69, 9.17) is 0 Å². The van der Waals surface area contributed by atoms with Crippen molar-refractivity contribution in [3.8, 4) is 0 Å². The second-order valence-corrected chi connectivity index (χ2v) is 20.9. The Morgan fingerprint density at radius 2 is 1.12 bits per heavy atom. The van der Waals surface area contributed by atoms with Crippen LogP contribution in [0.15, 0.2) is 0 Å². The summed E-state index contributed by atoms with van der Waals surface area (Å²) in [7, 11) is 1.28. The molecule has 3 nitrogen and oxygen atoms in total. The third-order valence-corrected chi connectivity index (χ3v) is 15.8. The van der Waals surface area contributed by atoms with Gasteiger partial charge in [0.05, 0.1) is 0 Å². The van der Waals surface area contributed by atoms with Crippen LogP contribution in [0, 0.1) is 0 Å². The van der Waals surface area contributed by atoms with E-state index in [-0.39, 0.29) is 0 Å². The van der Waals surface area contributed by atoms with E-state index >= 15 is 0 Å². The van der Waals surface area contributed by atoms with Gasteiger partial charge < -0.3 is 13.0 Å². The minimum Gasteiger partial charge on any atom is -0.323 e. The molecule has 0 aromatic carbocycles. The molecule has 0 spiro atoms. The average molecular weight is 276 g/mol. The maximum Gasteiger partial charge on any atom is 0.258 e. The largest absolute Gasteiger partial charge is 0.323 e. The van der Waals surface area contributed by atoms with Crippen molar-refractivity contribution >= 4 is 25.8 Å². The fourth-order valence-corrected chi connectivity index (χ4v) is 14.3. The van der Waals surface area contributed by atoms with Crippen molar-refractivity contribution in [2.75, 3.05) is 27.2 Å². The topological polar surface area (TPSA) is 9.72 Å². The Kier molecular flexibility index (Phi) is 4.25. The summed E-state index contributed by atoms with van der Waals surface area (Å²) in [5, 5.41) is 0. The second-order valence-electron chi connectivity index (χ2n) is 7.04. The van der Waals surface area contributed by atoms with Crippen molar-refractivity contribution in [3.05, 3.63) is 0 Å². The van der Waals surface area contributed by atoms with E-state index in [1.54, 1.807) is 0 Å². The Balaban J connectivity index is 2.94. The van der Waals surface area contributed by atoms with Crippen LogP contribution in [-0.4, -0.2) is 66.0 Å². The molecule has 1 aliphatic heterocycles. The number of hydrogen-bond donors (Lipinski definition) is 0. The number of rotatable bonds is 3. The zero-order valence-electron chi connectivity index (χ0n) is 12.3. The van der Waals surface area contributed by atoms with Crippen LogP contribution in [0.5, 0.6) is 0 Å².